The van der Waals surface area contributed by atoms with Crippen molar-refractivity contribution in [3.8, 4) is 11.8 Å². The molecule has 0 radical (unpaired) electrons. The number of aliphatic imine (C=N–C) groups is 1. The second kappa shape index (κ2) is 15.7. The van der Waals surface area contributed by atoms with Crippen molar-refractivity contribution >= 4 is 35.2 Å². The lowest BCUT2D eigenvalue weighted by Crippen LogP contribution is -2.45. The Morgan fingerprint density at radius 2 is 2.12 bits per heavy atom. The van der Waals surface area contributed by atoms with Crippen LogP contribution in [0.2, 0.25) is 0 Å². The maximum Gasteiger partial charge on any atom is 0.246 e. The lowest BCUT2D eigenvalue weighted by atomic mass is 10.1. The zero-order chi connectivity index (χ0) is 30.6. The van der Waals surface area contributed by atoms with Gasteiger partial charge in [-0.3, -0.25) is 9.59 Å². The van der Waals surface area contributed by atoms with E-state index in [1.54, 1.807) is 24.3 Å². The fourth-order valence-corrected chi connectivity index (χ4v) is 4.88. The zero-order valence-corrected chi connectivity index (χ0v) is 25.6. The fraction of sp³-hybridized carbons (Fsp3) is 0.469. The predicted octanol–water partition coefficient (Wildman–Crippen LogP) is 3.31. The molecule has 0 aliphatic carbocycles. The largest absolute Gasteiger partial charge is 0.481 e. The summed E-state index contributed by atoms with van der Waals surface area (Å²) in [6.07, 6.45) is 8.88. The number of carbonyl (C=O) groups excluding carboxylic acids is 2. The number of benzene rings is 1. The first-order valence-electron chi connectivity index (χ1n) is 14.9. The quantitative estimate of drug-likeness (QED) is 0.197. The van der Waals surface area contributed by atoms with Crippen LogP contribution in [0.4, 0.5) is 17.5 Å². The summed E-state index contributed by atoms with van der Waals surface area (Å²) in [6.45, 7) is 5.26. The van der Waals surface area contributed by atoms with Crippen LogP contribution in [0.1, 0.15) is 55.7 Å². The Kier molecular flexibility index (Phi) is 11.5. The molecule has 228 valence electrons. The third-order valence-corrected chi connectivity index (χ3v) is 7.08. The van der Waals surface area contributed by atoms with E-state index in [2.05, 4.69) is 49.7 Å². The monoisotopic (exact) mass is 586 g/mol. The number of unbranched alkanes of at least 4 members (excludes halogenated alkanes) is 1. The number of anilines is 3. The van der Waals surface area contributed by atoms with Gasteiger partial charge in [0.05, 0.1) is 25.4 Å². The Balaban J connectivity index is 1.29. The molecule has 4 rings (SSSR count). The number of carbonyl (C=O) groups is 2. The lowest BCUT2D eigenvalue weighted by Gasteiger charge is -2.22. The van der Waals surface area contributed by atoms with Gasteiger partial charge >= 0.3 is 0 Å². The first kappa shape index (κ1) is 31.5. The van der Waals surface area contributed by atoms with Crippen molar-refractivity contribution in [2.75, 3.05) is 58.0 Å². The molecule has 43 heavy (non-hydrogen) atoms. The third kappa shape index (κ3) is 8.78. The molecule has 2 aliphatic heterocycles. The van der Waals surface area contributed by atoms with E-state index >= 15 is 0 Å². The molecule has 11 nitrogen and oxygen atoms in total. The highest BCUT2D eigenvalue weighted by atomic mass is 16.5. The van der Waals surface area contributed by atoms with Gasteiger partial charge in [0, 0.05) is 49.9 Å². The van der Waals surface area contributed by atoms with Crippen LogP contribution in [0.5, 0.6) is 0 Å². The van der Waals surface area contributed by atoms with Crippen molar-refractivity contribution in [2.45, 2.75) is 51.6 Å². The van der Waals surface area contributed by atoms with Crippen LogP contribution >= 0.6 is 0 Å². The maximum absolute atomic E-state index is 12.8. The van der Waals surface area contributed by atoms with E-state index in [0.29, 0.717) is 68.7 Å². The van der Waals surface area contributed by atoms with Crippen molar-refractivity contribution in [1.82, 2.24) is 25.1 Å². The Morgan fingerprint density at radius 3 is 2.91 bits per heavy atom. The summed E-state index contributed by atoms with van der Waals surface area (Å²) < 4.78 is 5.38. The highest BCUT2D eigenvalue weighted by Gasteiger charge is 2.32. The van der Waals surface area contributed by atoms with Crippen molar-refractivity contribution in [2.24, 2.45) is 4.99 Å². The molecule has 2 aromatic rings. The third-order valence-electron chi connectivity index (χ3n) is 7.08. The smallest absolute Gasteiger partial charge is 0.246 e. The van der Waals surface area contributed by atoms with Gasteiger partial charge in [0.1, 0.15) is 11.9 Å². The number of hydrogen-bond acceptors (Lipinski definition) is 9. The normalized spacial score (nSPS) is 15.6. The zero-order valence-electron chi connectivity index (χ0n) is 25.6. The second-order valence-electron chi connectivity index (χ2n) is 10.8. The van der Waals surface area contributed by atoms with Crippen molar-refractivity contribution in [1.29, 1.82) is 0 Å². The predicted molar refractivity (Wildman–Crippen MR) is 169 cm³/mol. The van der Waals surface area contributed by atoms with Crippen molar-refractivity contribution in [3.05, 3.63) is 53.2 Å². The number of nitrogens with one attached hydrogen (secondary N) is 3. The minimum absolute atomic E-state index is 0.101. The van der Waals surface area contributed by atoms with Crippen LogP contribution in [0.25, 0.3) is 0 Å². The first-order chi connectivity index (χ1) is 20.9. The summed E-state index contributed by atoms with van der Waals surface area (Å²) in [5.74, 6) is 7.93. The molecule has 2 aliphatic rings. The first-order valence-corrected chi connectivity index (χ1v) is 14.9. The molecule has 1 aromatic carbocycles. The number of methoxy groups -OCH3 is 1. The maximum atomic E-state index is 12.8. The topological polar surface area (TPSA) is 124 Å². The van der Waals surface area contributed by atoms with Crippen LogP contribution in [-0.4, -0.2) is 90.9 Å². The molecule has 0 saturated carbocycles. The van der Waals surface area contributed by atoms with E-state index in [1.807, 2.05) is 43.3 Å². The summed E-state index contributed by atoms with van der Waals surface area (Å²) >= 11 is 0. The van der Waals surface area contributed by atoms with Gasteiger partial charge in [-0.15, -0.1) is 0 Å². The van der Waals surface area contributed by atoms with Gasteiger partial charge in [-0.05, 0) is 57.5 Å². The van der Waals surface area contributed by atoms with Gasteiger partial charge in [-0.2, -0.15) is 4.98 Å². The van der Waals surface area contributed by atoms with Crippen molar-refractivity contribution in [3.63, 3.8) is 0 Å². The van der Waals surface area contributed by atoms with E-state index in [0.717, 1.165) is 36.2 Å². The molecule has 1 saturated heterocycles. The molecule has 0 spiro atoms. The molecular formula is C32H42N8O3. The Labute approximate surface area is 254 Å². The van der Waals surface area contributed by atoms with Crippen LogP contribution in [-0.2, 0) is 20.9 Å². The number of aromatic nitrogens is 2. The average Bonchev–Trinajstić information content (AvgIpc) is 3.65. The van der Waals surface area contributed by atoms with Gasteiger partial charge in [-0.25, -0.2) is 9.98 Å². The SMILES string of the molecule is CCCNc1nc(Nc2ccc3c(c2)C(OC)=NC3)ncc1C#CCCCNC(=O)[C@@H]1CCCN1C(=O)/C=C/CN(C)C. The molecular weight excluding hydrogens is 544 g/mol. The van der Waals surface area contributed by atoms with Gasteiger partial charge in [0.2, 0.25) is 23.7 Å². The van der Waals surface area contributed by atoms with E-state index in [4.69, 9.17) is 4.74 Å². The molecule has 2 amide bonds. The number of fused-ring (bicyclic) bond motifs is 1. The van der Waals surface area contributed by atoms with Gasteiger partial charge in [0.15, 0.2) is 0 Å². The Bertz CT molecular complexity index is 1410. The molecule has 1 aromatic heterocycles. The standard InChI is InChI=1S/C32H42N8O3/c1-5-16-33-29-24(22-36-32(38-29)37-25-15-14-23-21-35-31(43-4)26(23)20-25)11-7-6-8-17-34-30(42)27-12-9-19-40(27)28(41)13-10-18-39(2)3/h10,13-15,20,22,27H,5-6,8-9,12,16-19,21H2,1-4H3,(H,34,42)(H2,33,36,37,38)/b13-10+/t27-/m0/s1. The van der Waals surface area contributed by atoms with E-state index in [9.17, 15) is 9.59 Å². The number of rotatable bonds is 12. The van der Waals surface area contributed by atoms with Crippen LogP contribution in [0.3, 0.4) is 0 Å². The second-order valence-corrected chi connectivity index (χ2v) is 10.8. The number of likely N-dealkylation sites (tertiary alicyclic amines) is 1. The Hall–Kier alpha value is -4.43. The molecule has 0 unspecified atom stereocenters. The number of ether oxygens (including phenoxy) is 1. The van der Waals surface area contributed by atoms with Gasteiger partial charge < -0.3 is 30.5 Å². The van der Waals surface area contributed by atoms with Crippen LogP contribution < -0.4 is 16.0 Å². The average molecular weight is 587 g/mol. The van der Waals surface area contributed by atoms with E-state index < -0.39 is 6.04 Å². The molecule has 1 atom stereocenters. The minimum Gasteiger partial charge on any atom is -0.481 e. The van der Waals surface area contributed by atoms with E-state index in [1.165, 1.54) is 0 Å². The number of hydrogen-bond donors (Lipinski definition) is 3. The Morgan fingerprint density at radius 1 is 1.26 bits per heavy atom. The van der Waals surface area contributed by atoms with Crippen LogP contribution in [0, 0.1) is 11.8 Å². The summed E-state index contributed by atoms with van der Waals surface area (Å²) in [5, 5.41) is 9.60. The van der Waals surface area contributed by atoms with Gasteiger partial charge in [-0.1, -0.05) is 30.9 Å². The summed E-state index contributed by atoms with van der Waals surface area (Å²) in [7, 11) is 5.51. The number of likely N-dealkylation sites (N-methyl/N-ethyl adjacent to an activating group) is 1. The summed E-state index contributed by atoms with van der Waals surface area (Å²) in [4.78, 5) is 42.5. The molecule has 3 N–H and O–H groups in total. The minimum atomic E-state index is -0.411. The van der Waals surface area contributed by atoms with Crippen molar-refractivity contribution < 1.29 is 14.3 Å². The molecule has 0 bridgehead atoms. The van der Waals surface area contributed by atoms with Gasteiger partial charge in [0.25, 0.3) is 0 Å². The summed E-state index contributed by atoms with van der Waals surface area (Å²) in [5.41, 5.74) is 3.65. The fourth-order valence-electron chi connectivity index (χ4n) is 4.88. The molecule has 3 heterocycles. The number of nitrogens with zero attached hydrogens (tertiary/aromatic N) is 5. The molecule has 11 heteroatoms. The highest BCUT2D eigenvalue weighted by molar-refractivity contribution is 5.98. The number of amides is 2. The highest BCUT2D eigenvalue weighted by Crippen LogP contribution is 2.25. The van der Waals surface area contributed by atoms with Crippen LogP contribution in [0.15, 0.2) is 41.5 Å². The molecule has 1 fully saturated rings. The van der Waals surface area contributed by atoms with E-state index in [-0.39, 0.29) is 11.8 Å². The lowest BCUT2D eigenvalue weighted by molar-refractivity contribution is -0.135. The summed E-state index contributed by atoms with van der Waals surface area (Å²) in [6, 6.07) is 5.59.